The highest BCUT2D eigenvalue weighted by atomic mass is 19.1. The van der Waals surface area contributed by atoms with Gasteiger partial charge in [-0.1, -0.05) is 13.0 Å². The first-order chi connectivity index (χ1) is 10.2. The van der Waals surface area contributed by atoms with Crippen molar-refractivity contribution in [2.24, 2.45) is 0 Å². The molecule has 1 heterocycles. The van der Waals surface area contributed by atoms with Crippen molar-refractivity contribution in [2.45, 2.75) is 20.3 Å². The summed E-state index contributed by atoms with van der Waals surface area (Å²) in [6.07, 6.45) is 0.947. The van der Waals surface area contributed by atoms with Gasteiger partial charge in [0.25, 0.3) is 0 Å². The van der Waals surface area contributed by atoms with E-state index in [0.717, 1.165) is 13.0 Å². The lowest BCUT2D eigenvalue weighted by Gasteiger charge is -2.09. The van der Waals surface area contributed by atoms with Crippen molar-refractivity contribution in [2.75, 3.05) is 23.8 Å². The molecule has 0 aliphatic carbocycles. The van der Waals surface area contributed by atoms with Gasteiger partial charge in [-0.3, -0.25) is 0 Å². The van der Waals surface area contributed by atoms with Gasteiger partial charge in [0.05, 0.1) is 6.61 Å². The van der Waals surface area contributed by atoms with E-state index in [2.05, 4.69) is 25.6 Å². The molecule has 7 heteroatoms. The number of hydrogen-bond donors (Lipinski definition) is 2. The summed E-state index contributed by atoms with van der Waals surface area (Å²) in [5.41, 5.74) is 0.560. The second-order valence-electron chi connectivity index (χ2n) is 4.26. The van der Waals surface area contributed by atoms with Gasteiger partial charge in [0.15, 0.2) is 0 Å². The number of nitrogens with one attached hydrogen (secondary N) is 2. The lowest BCUT2D eigenvalue weighted by molar-refractivity contribution is 0.312. The summed E-state index contributed by atoms with van der Waals surface area (Å²) in [5, 5.41) is 6.01. The minimum atomic E-state index is -0.330. The minimum absolute atomic E-state index is 0.227. The monoisotopic (exact) mass is 291 g/mol. The lowest BCUT2D eigenvalue weighted by atomic mass is 10.3. The van der Waals surface area contributed by atoms with Crippen LogP contribution in [0.4, 0.5) is 22.0 Å². The van der Waals surface area contributed by atoms with Crippen molar-refractivity contribution in [1.82, 2.24) is 15.0 Å². The Labute approximate surface area is 122 Å². The van der Waals surface area contributed by atoms with Crippen molar-refractivity contribution >= 4 is 17.6 Å². The van der Waals surface area contributed by atoms with Gasteiger partial charge < -0.3 is 15.4 Å². The minimum Gasteiger partial charge on any atom is -0.464 e. The van der Waals surface area contributed by atoms with E-state index in [-0.39, 0.29) is 11.8 Å². The number of benzene rings is 1. The highest BCUT2D eigenvalue weighted by Crippen LogP contribution is 2.17. The van der Waals surface area contributed by atoms with Gasteiger partial charge in [0.1, 0.15) is 5.82 Å². The Balaban J connectivity index is 2.22. The van der Waals surface area contributed by atoms with Gasteiger partial charge in [0, 0.05) is 12.2 Å². The van der Waals surface area contributed by atoms with E-state index in [9.17, 15) is 4.39 Å². The quantitative estimate of drug-likeness (QED) is 0.817. The number of aromatic nitrogens is 3. The Kier molecular flexibility index (Phi) is 5.25. The Morgan fingerprint density at radius 3 is 2.67 bits per heavy atom. The molecule has 21 heavy (non-hydrogen) atoms. The molecule has 2 N–H and O–H groups in total. The van der Waals surface area contributed by atoms with Crippen LogP contribution < -0.4 is 15.4 Å². The molecular formula is C14H18FN5O. The lowest BCUT2D eigenvalue weighted by Crippen LogP contribution is -2.09. The van der Waals surface area contributed by atoms with Gasteiger partial charge in [-0.15, -0.1) is 0 Å². The third-order valence-electron chi connectivity index (χ3n) is 2.50. The molecule has 0 amide bonds. The Bertz CT molecular complexity index is 593. The fourth-order valence-corrected chi connectivity index (χ4v) is 1.62. The third kappa shape index (κ3) is 4.55. The second kappa shape index (κ2) is 7.37. The number of rotatable bonds is 7. The van der Waals surface area contributed by atoms with Crippen LogP contribution in [-0.2, 0) is 0 Å². The van der Waals surface area contributed by atoms with Crippen molar-refractivity contribution in [3.63, 3.8) is 0 Å². The Morgan fingerprint density at radius 2 is 1.95 bits per heavy atom. The topological polar surface area (TPSA) is 72.0 Å². The van der Waals surface area contributed by atoms with Crippen LogP contribution >= 0.6 is 0 Å². The molecule has 0 saturated carbocycles. The van der Waals surface area contributed by atoms with Crippen LogP contribution in [0.25, 0.3) is 0 Å². The summed E-state index contributed by atoms with van der Waals surface area (Å²) in [7, 11) is 0. The number of hydrogen-bond acceptors (Lipinski definition) is 6. The second-order valence-corrected chi connectivity index (χ2v) is 4.26. The molecule has 2 aromatic rings. The molecule has 0 radical (unpaired) electrons. The predicted molar refractivity (Wildman–Crippen MR) is 79.5 cm³/mol. The third-order valence-corrected chi connectivity index (χ3v) is 2.50. The van der Waals surface area contributed by atoms with Crippen LogP contribution in [0, 0.1) is 5.82 Å². The van der Waals surface area contributed by atoms with Gasteiger partial charge in [-0.05, 0) is 31.5 Å². The fraction of sp³-hybridized carbons (Fsp3) is 0.357. The highest BCUT2D eigenvalue weighted by Gasteiger charge is 2.07. The number of halogens is 1. The van der Waals surface area contributed by atoms with E-state index >= 15 is 0 Å². The molecule has 112 valence electrons. The maximum Gasteiger partial charge on any atom is 0.323 e. The summed E-state index contributed by atoms with van der Waals surface area (Å²) in [6, 6.07) is 6.30. The molecule has 6 nitrogen and oxygen atoms in total. The standard InChI is InChI=1S/C14H18FN5O/c1-3-8-16-12-18-13(20-14(19-12)21-4-2)17-11-7-5-6-10(15)9-11/h5-7,9H,3-4,8H2,1-2H3,(H2,16,17,18,19,20). The molecule has 1 aromatic heterocycles. The molecule has 0 bridgehead atoms. The van der Waals surface area contributed by atoms with E-state index < -0.39 is 0 Å². The first kappa shape index (κ1) is 15.0. The largest absolute Gasteiger partial charge is 0.464 e. The van der Waals surface area contributed by atoms with Gasteiger partial charge in [0.2, 0.25) is 11.9 Å². The van der Waals surface area contributed by atoms with E-state index in [1.54, 1.807) is 12.1 Å². The fourth-order valence-electron chi connectivity index (χ4n) is 1.62. The smallest absolute Gasteiger partial charge is 0.323 e. The highest BCUT2D eigenvalue weighted by molar-refractivity contribution is 5.54. The van der Waals surface area contributed by atoms with E-state index in [0.29, 0.717) is 24.2 Å². The molecule has 0 spiro atoms. The normalized spacial score (nSPS) is 10.2. The van der Waals surface area contributed by atoms with Crippen molar-refractivity contribution in [3.8, 4) is 6.01 Å². The first-order valence-electron chi connectivity index (χ1n) is 6.86. The van der Waals surface area contributed by atoms with Crippen LogP contribution in [0.5, 0.6) is 6.01 Å². The van der Waals surface area contributed by atoms with Crippen molar-refractivity contribution < 1.29 is 9.13 Å². The predicted octanol–water partition coefficient (Wildman–Crippen LogP) is 2.97. The molecule has 0 unspecified atom stereocenters. The maximum absolute atomic E-state index is 13.2. The molecule has 0 saturated heterocycles. The average Bonchev–Trinajstić information content (AvgIpc) is 2.45. The molecule has 0 aliphatic rings. The van der Waals surface area contributed by atoms with Crippen molar-refractivity contribution in [1.29, 1.82) is 0 Å². The number of nitrogens with zero attached hydrogens (tertiary/aromatic N) is 3. The van der Waals surface area contributed by atoms with E-state index in [4.69, 9.17) is 4.74 Å². The maximum atomic E-state index is 13.2. The zero-order chi connectivity index (χ0) is 15.1. The zero-order valence-corrected chi connectivity index (χ0v) is 12.1. The zero-order valence-electron chi connectivity index (χ0n) is 12.1. The Morgan fingerprint density at radius 1 is 1.14 bits per heavy atom. The van der Waals surface area contributed by atoms with Gasteiger partial charge in [-0.2, -0.15) is 15.0 Å². The van der Waals surface area contributed by atoms with Crippen LogP contribution in [0.3, 0.4) is 0 Å². The van der Waals surface area contributed by atoms with Gasteiger partial charge >= 0.3 is 6.01 Å². The number of ether oxygens (including phenoxy) is 1. The van der Waals surface area contributed by atoms with Crippen LogP contribution in [0.2, 0.25) is 0 Å². The summed E-state index contributed by atoms with van der Waals surface area (Å²) < 4.78 is 18.5. The molecule has 0 fully saturated rings. The molecular weight excluding hydrogens is 273 g/mol. The molecule has 1 aromatic carbocycles. The SMILES string of the molecule is CCCNc1nc(Nc2cccc(F)c2)nc(OCC)n1. The summed E-state index contributed by atoms with van der Waals surface area (Å²) in [6.45, 7) is 5.10. The van der Waals surface area contributed by atoms with Crippen LogP contribution in [0.15, 0.2) is 24.3 Å². The first-order valence-corrected chi connectivity index (χ1v) is 6.86. The summed E-state index contributed by atoms with van der Waals surface area (Å²) >= 11 is 0. The summed E-state index contributed by atoms with van der Waals surface area (Å²) in [5.74, 6) is 0.398. The van der Waals surface area contributed by atoms with Crippen molar-refractivity contribution in [3.05, 3.63) is 30.1 Å². The average molecular weight is 291 g/mol. The number of anilines is 3. The summed E-state index contributed by atoms with van der Waals surface area (Å²) in [4.78, 5) is 12.5. The van der Waals surface area contributed by atoms with Crippen LogP contribution in [-0.4, -0.2) is 28.1 Å². The van der Waals surface area contributed by atoms with Gasteiger partial charge in [-0.25, -0.2) is 4.39 Å². The Hall–Kier alpha value is -2.44. The van der Waals surface area contributed by atoms with E-state index in [1.807, 2.05) is 13.8 Å². The molecule has 2 rings (SSSR count). The molecule has 0 atom stereocenters. The molecule has 0 aliphatic heterocycles. The van der Waals surface area contributed by atoms with E-state index in [1.165, 1.54) is 12.1 Å². The van der Waals surface area contributed by atoms with Crippen LogP contribution in [0.1, 0.15) is 20.3 Å².